The second-order valence-electron chi connectivity index (χ2n) is 8.67. The number of hydrogen-bond acceptors (Lipinski definition) is 4. The van der Waals surface area contributed by atoms with Crippen molar-refractivity contribution >= 4 is 45.0 Å². The Morgan fingerprint density at radius 3 is 2.42 bits per heavy atom. The average molecular weight is 511 g/mol. The van der Waals surface area contributed by atoms with E-state index in [-0.39, 0.29) is 0 Å². The molecule has 0 saturated heterocycles. The molecule has 36 heavy (non-hydrogen) atoms. The highest BCUT2D eigenvalue weighted by molar-refractivity contribution is 6.42. The number of aliphatic hydroxyl groups is 1. The van der Waals surface area contributed by atoms with Gasteiger partial charge in [-0.1, -0.05) is 77.8 Å². The Balaban J connectivity index is 1.66. The van der Waals surface area contributed by atoms with Gasteiger partial charge in [0.25, 0.3) is 0 Å². The summed E-state index contributed by atoms with van der Waals surface area (Å²) in [6.45, 7) is 0. The molecule has 5 nitrogen and oxygen atoms in total. The first-order valence-electron chi connectivity index (χ1n) is 11.4. The molecule has 0 aliphatic carbocycles. The van der Waals surface area contributed by atoms with E-state index in [1.54, 1.807) is 18.7 Å². The molecule has 0 amide bonds. The van der Waals surface area contributed by atoms with Gasteiger partial charge in [-0.05, 0) is 35.4 Å². The first-order valence-corrected chi connectivity index (χ1v) is 12.1. The van der Waals surface area contributed by atoms with Crippen molar-refractivity contribution in [1.82, 2.24) is 19.5 Å². The molecule has 0 aliphatic heterocycles. The van der Waals surface area contributed by atoms with Crippen molar-refractivity contribution in [3.05, 3.63) is 125 Å². The molecule has 3 aromatic carbocycles. The summed E-state index contributed by atoms with van der Waals surface area (Å²) in [4.78, 5) is 13.4. The van der Waals surface area contributed by atoms with Crippen LogP contribution in [0.2, 0.25) is 10.2 Å². The maximum atomic E-state index is 12.6. The molecule has 176 valence electrons. The van der Waals surface area contributed by atoms with E-state index in [1.165, 1.54) is 0 Å². The average Bonchev–Trinajstić information content (AvgIpc) is 3.35. The van der Waals surface area contributed by atoms with Gasteiger partial charge in [0.1, 0.15) is 5.15 Å². The minimum absolute atomic E-state index is 0.327. The molecule has 6 aromatic rings. The summed E-state index contributed by atoms with van der Waals surface area (Å²) < 4.78 is 1.82. The van der Waals surface area contributed by atoms with Crippen LogP contribution in [-0.4, -0.2) is 24.6 Å². The Kier molecular flexibility index (Phi) is 5.49. The van der Waals surface area contributed by atoms with Gasteiger partial charge < -0.3 is 9.67 Å². The van der Waals surface area contributed by atoms with Gasteiger partial charge in [-0.2, -0.15) is 0 Å². The fourth-order valence-electron chi connectivity index (χ4n) is 4.83. The lowest BCUT2D eigenvalue weighted by atomic mass is 9.81. The van der Waals surface area contributed by atoms with Crippen LogP contribution < -0.4 is 0 Å². The minimum Gasteiger partial charge on any atom is -0.374 e. The summed E-state index contributed by atoms with van der Waals surface area (Å²) in [5.41, 5.74) is 3.33. The number of aromatic nitrogens is 4. The molecule has 0 aliphatic rings. The quantitative estimate of drug-likeness (QED) is 0.265. The number of halogens is 2. The van der Waals surface area contributed by atoms with Crippen LogP contribution in [0.3, 0.4) is 0 Å². The number of imidazole rings is 1. The van der Waals surface area contributed by atoms with E-state index in [0.717, 1.165) is 16.5 Å². The Morgan fingerprint density at radius 2 is 1.64 bits per heavy atom. The van der Waals surface area contributed by atoms with Crippen LogP contribution in [-0.2, 0) is 12.6 Å². The number of para-hydroxylation sites is 1. The van der Waals surface area contributed by atoms with Crippen LogP contribution in [0.25, 0.3) is 32.9 Å². The van der Waals surface area contributed by atoms with E-state index < -0.39 is 5.60 Å². The molecule has 6 rings (SSSR count). The predicted molar refractivity (Wildman–Crippen MR) is 144 cm³/mol. The number of fused-ring (bicyclic) bond motifs is 2. The monoisotopic (exact) mass is 510 g/mol. The van der Waals surface area contributed by atoms with Gasteiger partial charge in [0.05, 0.1) is 34.3 Å². The molecule has 7 heteroatoms. The number of aryl methyl sites for hydroxylation is 1. The van der Waals surface area contributed by atoms with E-state index in [9.17, 15) is 5.11 Å². The zero-order chi connectivity index (χ0) is 24.9. The highest BCUT2D eigenvalue weighted by Crippen LogP contribution is 2.43. The number of benzene rings is 3. The van der Waals surface area contributed by atoms with E-state index >= 15 is 0 Å². The third-order valence-electron chi connectivity index (χ3n) is 6.58. The second-order valence-corrected chi connectivity index (χ2v) is 9.40. The summed E-state index contributed by atoms with van der Waals surface area (Å²) in [6, 6.07) is 24.9. The molecule has 0 saturated carbocycles. The smallest absolute Gasteiger partial charge is 0.157 e. The van der Waals surface area contributed by atoms with Crippen molar-refractivity contribution in [3.8, 4) is 11.1 Å². The Hall–Kier alpha value is -3.77. The highest BCUT2D eigenvalue weighted by Gasteiger charge is 2.38. The van der Waals surface area contributed by atoms with Gasteiger partial charge >= 0.3 is 0 Å². The lowest BCUT2D eigenvalue weighted by molar-refractivity contribution is 0.119. The molecular formula is C29H20Cl2N4O. The Morgan fingerprint density at radius 1 is 0.861 bits per heavy atom. The third-order valence-corrected chi connectivity index (χ3v) is 7.25. The normalized spacial score (nSPS) is 13.2. The lowest BCUT2D eigenvalue weighted by Crippen LogP contribution is -2.31. The highest BCUT2D eigenvalue weighted by atomic mass is 35.5. The van der Waals surface area contributed by atoms with Crippen LogP contribution in [0, 0.1) is 0 Å². The molecular weight excluding hydrogens is 491 g/mol. The summed E-state index contributed by atoms with van der Waals surface area (Å²) in [5.74, 6) is 0. The van der Waals surface area contributed by atoms with E-state index in [2.05, 4.69) is 15.0 Å². The van der Waals surface area contributed by atoms with Crippen LogP contribution in [0.4, 0.5) is 0 Å². The molecule has 3 aromatic heterocycles. The van der Waals surface area contributed by atoms with Crippen molar-refractivity contribution in [2.24, 2.45) is 7.05 Å². The fourth-order valence-corrected chi connectivity index (χ4v) is 5.52. The molecule has 0 radical (unpaired) electrons. The first kappa shape index (κ1) is 22.7. The summed E-state index contributed by atoms with van der Waals surface area (Å²) in [7, 11) is 1.86. The van der Waals surface area contributed by atoms with Crippen LogP contribution in [0.15, 0.2) is 97.6 Å². The van der Waals surface area contributed by atoms with Crippen molar-refractivity contribution in [2.45, 2.75) is 5.60 Å². The largest absolute Gasteiger partial charge is 0.374 e. The van der Waals surface area contributed by atoms with E-state index in [0.29, 0.717) is 43.5 Å². The second kappa shape index (κ2) is 8.71. The Labute approximate surface area is 217 Å². The van der Waals surface area contributed by atoms with E-state index in [1.807, 2.05) is 90.5 Å². The standard InChI is InChI=1S/C29H20Cl2N4O/c1-35-17-32-16-25(35)29(36,22-13-14-33-23-10-6-5-9-20(22)23)19-11-12-24-21(15-19)27(30)26(28(31)34-24)18-7-3-2-4-8-18/h2-17,36H,1H3. The molecule has 0 fully saturated rings. The third kappa shape index (κ3) is 3.47. The number of nitrogens with zero attached hydrogens (tertiary/aromatic N) is 4. The van der Waals surface area contributed by atoms with Crippen LogP contribution in [0.5, 0.6) is 0 Å². The number of hydrogen-bond donors (Lipinski definition) is 1. The Bertz CT molecular complexity index is 1740. The van der Waals surface area contributed by atoms with Crippen molar-refractivity contribution in [3.63, 3.8) is 0 Å². The van der Waals surface area contributed by atoms with Crippen molar-refractivity contribution in [1.29, 1.82) is 0 Å². The summed E-state index contributed by atoms with van der Waals surface area (Å²) in [5, 5.41) is 14.9. The fraction of sp³-hybridized carbons (Fsp3) is 0.0690. The summed E-state index contributed by atoms with van der Waals surface area (Å²) in [6.07, 6.45) is 5.06. The van der Waals surface area contributed by atoms with Crippen LogP contribution in [0.1, 0.15) is 16.8 Å². The molecule has 1 unspecified atom stereocenters. The zero-order valence-corrected chi connectivity index (χ0v) is 20.7. The topological polar surface area (TPSA) is 63.8 Å². The van der Waals surface area contributed by atoms with Gasteiger partial charge in [0, 0.05) is 35.1 Å². The first-order chi connectivity index (χ1) is 17.5. The maximum Gasteiger partial charge on any atom is 0.157 e. The van der Waals surface area contributed by atoms with E-state index in [4.69, 9.17) is 23.2 Å². The molecule has 3 heterocycles. The van der Waals surface area contributed by atoms with Crippen molar-refractivity contribution < 1.29 is 5.11 Å². The van der Waals surface area contributed by atoms with Gasteiger partial charge in [-0.25, -0.2) is 9.97 Å². The molecule has 0 spiro atoms. The number of pyridine rings is 2. The van der Waals surface area contributed by atoms with Gasteiger partial charge in [0.15, 0.2) is 5.60 Å². The molecule has 0 bridgehead atoms. The van der Waals surface area contributed by atoms with Gasteiger partial charge in [-0.3, -0.25) is 4.98 Å². The maximum absolute atomic E-state index is 12.6. The van der Waals surface area contributed by atoms with Crippen LogP contribution >= 0.6 is 23.2 Å². The molecule has 1 atom stereocenters. The van der Waals surface area contributed by atoms with Crippen molar-refractivity contribution in [2.75, 3.05) is 0 Å². The minimum atomic E-state index is -1.54. The van der Waals surface area contributed by atoms with Gasteiger partial charge in [-0.15, -0.1) is 0 Å². The molecule has 1 N–H and O–H groups in total. The SMILES string of the molecule is Cn1cncc1C(O)(c1ccc2nc(Cl)c(-c3ccccc3)c(Cl)c2c1)c1ccnc2ccccc12. The van der Waals surface area contributed by atoms with Gasteiger partial charge in [0.2, 0.25) is 0 Å². The lowest BCUT2D eigenvalue weighted by Gasteiger charge is -2.31. The predicted octanol–water partition coefficient (Wildman–Crippen LogP) is 6.77. The zero-order valence-electron chi connectivity index (χ0n) is 19.2. The summed E-state index contributed by atoms with van der Waals surface area (Å²) >= 11 is 13.5. The number of rotatable bonds is 4.